The molecule has 4 unspecified atom stereocenters. The Morgan fingerprint density at radius 2 is 2.24 bits per heavy atom. The van der Waals surface area contributed by atoms with E-state index >= 15 is 0 Å². The molecular weight excluding hydrogens is 250 g/mol. The lowest BCUT2D eigenvalue weighted by molar-refractivity contribution is -0.0832. The average Bonchev–Trinajstić information content (AvgIpc) is 3.00. The van der Waals surface area contributed by atoms with Crippen LogP contribution in [0.1, 0.15) is 32.1 Å². The molecule has 4 heteroatoms. The molecule has 1 spiro atoms. The van der Waals surface area contributed by atoms with Gasteiger partial charge in [0.15, 0.2) is 0 Å². The van der Waals surface area contributed by atoms with Crippen LogP contribution in [0.4, 0.5) is 0 Å². The maximum atomic E-state index is 6.52. The van der Waals surface area contributed by atoms with E-state index in [1.54, 1.807) is 0 Å². The van der Waals surface area contributed by atoms with Gasteiger partial charge in [0, 0.05) is 23.7 Å². The highest BCUT2D eigenvalue weighted by Gasteiger charge is 2.43. The van der Waals surface area contributed by atoms with Crippen LogP contribution in [-0.4, -0.2) is 40.8 Å². The van der Waals surface area contributed by atoms with Crippen molar-refractivity contribution in [3.8, 4) is 0 Å². The van der Waals surface area contributed by atoms with Crippen LogP contribution in [-0.2, 0) is 4.74 Å². The highest BCUT2D eigenvalue weighted by molar-refractivity contribution is 8.00. The molecule has 2 N–H and O–H groups in total. The van der Waals surface area contributed by atoms with Gasteiger partial charge < -0.3 is 10.5 Å². The molecule has 0 amide bonds. The Labute approximate surface area is 113 Å². The summed E-state index contributed by atoms with van der Waals surface area (Å²) in [5.74, 6) is 4.51. The standard InChI is InChI=1S/C13H23NOS2/c14-12(11-2-1-6-17-11)10-3-5-15-13(8-10)4-7-16-9-13/h10-12H,1-9,14H2. The van der Waals surface area contributed by atoms with Crippen molar-refractivity contribution in [3.05, 3.63) is 0 Å². The van der Waals surface area contributed by atoms with Crippen LogP contribution in [0.15, 0.2) is 0 Å². The van der Waals surface area contributed by atoms with Gasteiger partial charge in [-0.2, -0.15) is 23.5 Å². The molecule has 3 saturated heterocycles. The first-order chi connectivity index (χ1) is 8.29. The molecular formula is C13H23NOS2. The third kappa shape index (κ3) is 2.65. The summed E-state index contributed by atoms with van der Waals surface area (Å²) in [5, 5.41) is 0.726. The first-order valence-electron chi connectivity index (χ1n) is 6.88. The maximum absolute atomic E-state index is 6.52. The summed E-state index contributed by atoms with van der Waals surface area (Å²) in [6.07, 6.45) is 6.36. The minimum atomic E-state index is 0.203. The zero-order valence-corrected chi connectivity index (χ0v) is 12.0. The van der Waals surface area contributed by atoms with Gasteiger partial charge in [-0.05, 0) is 49.5 Å². The quantitative estimate of drug-likeness (QED) is 0.838. The van der Waals surface area contributed by atoms with Crippen molar-refractivity contribution in [3.63, 3.8) is 0 Å². The van der Waals surface area contributed by atoms with Gasteiger partial charge in [-0.15, -0.1) is 0 Å². The van der Waals surface area contributed by atoms with E-state index in [9.17, 15) is 0 Å². The van der Waals surface area contributed by atoms with E-state index in [1.807, 2.05) is 0 Å². The van der Waals surface area contributed by atoms with Crippen molar-refractivity contribution < 1.29 is 4.74 Å². The van der Waals surface area contributed by atoms with Crippen LogP contribution in [0.3, 0.4) is 0 Å². The second-order valence-electron chi connectivity index (χ2n) is 5.72. The van der Waals surface area contributed by atoms with Gasteiger partial charge in [0.25, 0.3) is 0 Å². The van der Waals surface area contributed by atoms with Gasteiger partial charge >= 0.3 is 0 Å². The molecule has 17 heavy (non-hydrogen) atoms. The molecule has 98 valence electrons. The van der Waals surface area contributed by atoms with Gasteiger partial charge in [0.2, 0.25) is 0 Å². The van der Waals surface area contributed by atoms with Gasteiger partial charge in [-0.1, -0.05) is 0 Å². The Bertz CT molecular complexity index is 262. The van der Waals surface area contributed by atoms with Crippen LogP contribution in [0, 0.1) is 5.92 Å². The van der Waals surface area contributed by atoms with Crippen molar-refractivity contribution in [1.29, 1.82) is 0 Å². The molecule has 0 aromatic rings. The minimum absolute atomic E-state index is 0.203. The van der Waals surface area contributed by atoms with Crippen LogP contribution < -0.4 is 5.73 Å². The van der Waals surface area contributed by atoms with Crippen molar-refractivity contribution in [2.45, 2.75) is 49.0 Å². The molecule has 0 aromatic carbocycles. The summed E-state index contributed by atoms with van der Waals surface area (Å²) in [6.45, 7) is 0.941. The zero-order valence-electron chi connectivity index (χ0n) is 10.4. The van der Waals surface area contributed by atoms with Crippen LogP contribution in [0.25, 0.3) is 0 Å². The number of hydrogen-bond donors (Lipinski definition) is 1. The summed E-state index contributed by atoms with van der Waals surface area (Å²) in [7, 11) is 0. The lowest BCUT2D eigenvalue weighted by Crippen LogP contribution is -2.48. The molecule has 3 rings (SSSR count). The number of nitrogens with two attached hydrogens (primary N) is 1. The molecule has 4 atom stereocenters. The van der Waals surface area contributed by atoms with Crippen LogP contribution >= 0.6 is 23.5 Å². The average molecular weight is 273 g/mol. The topological polar surface area (TPSA) is 35.2 Å². The van der Waals surface area contributed by atoms with Crippen LogP contribution in [0.5, 0.6) is 0 Å². The SMILES string of the molecule is NC(C1CCOC2(CCSC2)C1)C1CCCS1. The molecule has 0 aromatic heterocycles. The summed E-state index contributed by atoms with van der Waals surface area (Å²) in [5.41, 5.74) is 6.72. The summed E-state index contributed by atoms with van der Waals surface area (Å²) < 4.78 is 6.09. The second kappa shape index (κ2) is 5.32. The van der Waals surface area contributed by atoms with E-state index in [4.69, 9.17) is 10.5 Å². The van der Waals surface area contributed by atoms with Gasteiger partial charge in [-0.3, -0.25) is 0 Å². The normalized spacial score (nSPS) is 44.3. The van der Waals surface area contributed by atoms with Crippen molar-refractivity contribution in [2.24, 2.45) is 11.7 Å². The monoisotopic (exact) mass is 273 g/mol. The fraction of sp³-hybridized carbons (Fsp3) is 1.00. The Hall–Kier alpha value is 0.620. The van der Waals surface area contributed by atoms with E-state index in [0.29, 0.717) is 12.0 Å². The Balaban J connectivity index is 1.62. The second-order valence-corrected chi connectivity index (χ2v) is 8.17. The van der Waals surface area contributed by atoms with Crippen molar-refractivity contribution in [1.82, 2.24) is 0 Å². The number of hydrogen-bond acceptors (Lipinski definition) is 4. The van der Waals surface area contributed by atoms with Gasteiger partial charge in [-0.25, -0.2) is 0 Å². The smallest absolute Gasteiger partial charge is 0.0783 e. The molecule has 0 bridgehead atoms. The molecule has 3 aliphatic rings. The van der Waals surface area contributed by atoms with E-state index < -0.39 is 0 Å². The molecule has 3 fully saturated rings. The summed E-state index contributed by atoms with van der Waals surface area (Å²) in [6, 6.07) is 0.411. The predicted octanol–water partition coefficient (Wildman–Crippen LogP) is 2.51. The van der Waals surface area contributed by atoms with E-state index in [2.05, 4.69) is 23.5 Å². The third-order valence-corrected chi connectivity index (χ3v) is 7.26. The van der Waals surface area contributed by atoms with E-state index in [0.717, 1.165) is 11.9 Å². The van der Waals surface area contributed by atoms with Crippen molar-refractivity contribution >= 4 is 23.5 Å². The minimum Gasteiger partial charge on any atom is -0.374 e. The van der Waals surface area contributed by atoms with E-state index in [-0.39, 0.29) is 5.60 Å². The molecule has 3 heterocycles. The van der Waals surface area contributed by atoms with Crippen molar-refractivity contribution in [2.75, 3.05) is 23.9 Å². The fourth-order valence-electron chi connectivity index (χ4n) is 3.47. The lowest BCUT2D eigenvalue weighted by atomic mass is 9.80. The third-order valence-electron chi connectivity index (χ3n) is 4.54. The first-order valence-corrected chi connectivity index (χ1v) is 9.08. The molecule has 0 radical (unpaired) electrons. The fourth-order valence-corrected chi connectivity index (χ4v) is 6.26. The van der Waals surface area contributed by atoms with E-state index in [1.165, 1.54) is 49.4 Å². The predicted molar refractivity (Wildman–Crippen MR) is 76.8 cm³/mol. The largest absolute Gasteiger partial charge is 0.374 e. The van der Waals surface area contributed by atoms with Gasteiger partial charge in [0.1, 0.15) is 0 Å². The Morgan fingerprint density at radius 3 is 2.94 bits per heavy atom. The van der Waals surface area contributed by atoms with Gasteiger partial charge in [0.05, 0.1) is 5.60 Å². The number of rotatable bonds is 2. The molecule has 2 nitrogen and oxygen atoms in total. The molecule has 0 saturated carbocycles. The first kappa shape index (κ1) is 12.6. The maximum Gasteiger partial charge on any atom is 0.0783 e. The number of thioether (sulfide) groups is 2. The summed E-state index contributed by atoms with van der Waals surface area (Å²) in [4.78, 5) is 0. The Morgan fingerprint density at radius 1 is 1.29 bits per heavy atom. The summed E-state index contributed by atoms with van der Waals surface area (Å²) >= 11 is 4.16. The highest BCUT2D eigenvalue weighted by Crippen LogP contribution is 2.43. The Kier molecular flexibility index (Phi) is 3.95. The zero-order chi connectivity index (χ0) is 11.7. The lowest BCUT2D eigenvalue weighted by Gasteiger charge is -2.41. The highest BCUT2D eigenvalue weighted by atomic mass is 32.2. The molecule has 3 aliphatic heterocycles. The number of ether oxygens (including phenoxy) is 1. The van der Waals surface area contributed by atoms with Crippen LogP contribution in [0.2, 0.25) is 0 Å². The molecule has 0 aliphatic carbocycles.